The minimum Gasteiger partial charge on any atom is -0.271 e. The molecule has 3 N–H and O–H groups in total. The number of hydrogen-bond acceptors (Lipinski definition) is 2. The van der Waals surface area contributed by atoms with Crippen molar-refractivity contribution in [3.8, 4) is 0 Å². The molecule has 0 aliphatic heterocycles. The van der Waals surface area contributed by atoms with Crippen LogP contribution in [0, 0.1) is 3.57 Å². The SMILES string of the molecule is CCCCCC(NN)c1cc(I)ccc1Br. The van der Waals surface area contributed by atoms with Gasteiger partial charge < -0.3 is 0 Å². The van der Waals surface area contributed by atoms with Crippen LogP contribution in [0.3, 0.4) is 0 Å². The molecule has 16 heavy (non-hydrogen) atoms. The maximum atomic E-state index is 5.63. The normalized spacial score (nSPS) is 12.8. The summed E-state index contributed by atoms with van der Waals surface area (Å²) in [5, 5.41) is 0. The standard InChI is InChI=1S/C12H18BrIN2/c1-2-3-4-5-12(16-15)10-8-9(14)6-7-11(10)13/h6-8,12,16H,2-5,15H2,1H3. The number of nitrogens with two attached hydrogens (primary N) is 1. The summed E-state index contributed by atoms with van der Waals surface area (Å²) in [4.78, 5) is 0. The lowest BCUT2D eigenvalue weighted by atomic mass is 10.0. The second kappa shape index (κ2) is 7.63. The van der Waals surface area contributed by atoms with Crippen molar-refractivity contribution in [1.82, 2.24) is 5.43 Å². The predicted octanol–water partition coefficient (Wildman–Crippen LogP) is 4.14. The Morgan fingerprint density at radius 3 is 2.81 bits per heavy atom. The first kappa shape index (κ1) is 14.4. The summed E-state index contributed by atoms with van der Waals surface area (Å²) in [5.41, 5.74) is 4.17. The van der Waals surface area contributed by atoms with Crippen molar-refractivity contribution in [3.05, 3.63) is 31.8 Å². The monoisotopic (exact) mass is 396 g/mol. The number of nitrogens with one attached hydrogen (secondary N) is 1. The molecule has 0 aliphatic rings. The summed E-state index contributed by atoms with van der Waals surface area (Å²) in [7, 11) is 0. The number of hydrazine groups is 1. The molecule has 0 amide bonds. The minimum absolute atomic E-state index is 0.246. The number of benzene rings is 1. The lowest BCUT2D eigenvalue weighted by Gasteiger charge is -2.18. The molecular weight excluding hydrogens is 379 g/mol. The molecule has 0 aromatic heterocycles. The van der Waals surface area contributed by atoms with Gasteiger partial charge in [-0.05, 0) is 52.8 Å². The summed E-state index contributed by atoms with van der Waals surface area (Å²) in [6, 6.07) is 6.60. The van der Waals surface area contributed by atoms with Crippen LogP contribution < -0.4 is 11.3 Å². The molecule has 0 saturated carbocycles. The molecule has 4 heteroatoms. The van der Waals surface area contributed by atoms with Crippen molar-refractivity contribution in [1.29, 1.82) is 0 Å². The van der Waals surface area contributed by atoms with E-state index in [1.165, 1.54) is 28.4 Å². The molecule has 0 spiro atoms. The minimum atomic E-state index is 0.246. The zero-order valence-electron chi connectivity index (χ0n) is 9.47. The maximum Gasteiger partial charge on any atom is 0.0471 e. The number of halogens is 2. The average molecular weight is 397 g/mol. The molecule has 1 atom stereocenters. The highest BCUT2D eigenvalue weighted by atomic mass is 127. The van der Waals surface area contributed by atoms with Crippen LogP contribution in [-0.2, 0) is 0 Å². The van der Waals surface area contributed by atoms with Gasteiger partial charge in [0.05, 0.1) is 0 Å². The highest BCUT2D eigenvalue weighted by Crippen LogP contribution is 2.28. The molecule has 0 fully saturated rings. The van der Waals surface area contributed by atoms with Gasteiger partial charge in [-0.1, -0.05) is 42.1 Å². The third-order valence-corrected chi connectivity index (χ3v) is 4.02. The Labute approximate surface area is 120 Å². The second-order valence-electron chi connectivity index (χ2n) is 3.88. The van der Waals surface area contributed by atoms with Gasteiger partial charge in [-0.2, -0.15) is 0 Å². The number of hydrogen-bond donors (Lipinski definition) is 2. The van der Waals surface area contributed by atoms with Crippen LogP contribution in [0.4, 0.5) is 0 Å². The lowest BCUT2D eigenvalue weighted by Crippen LogP contribution is -2.28. The summed E-state index contributed by atoms with van der Waals surface area (Å²) in [6.07, 6.45) is 4.80. The van der Waals surface area contributed by atoms with Gasteiger partial charge in [0.1, 0.15) is 0 Å². The van der Waals surface area contributed by atoms with Crippen LogP contribution in [0.25, 0.3) is 0 Å². The highest BCUT2D eigenvalue weighted by Gasteiger charge is 2.12. The summed E-state index contributed by atoms with van der Waals surface area (Å²) >= 11 is 5.91. The largest absolute Gasteiger partial charge is 0.271 e. The van der Waals surface area contributed by atoms with Crippen LogP contribution in [0.15, 0.2) is 22.7 Å². The molecular formula is C12H18BrIN2. The van der Waals surface area contributed by atoms with Crippen LogP contribution in [0.2, 0.25) is 0 Å². The Kier molecular flexibility index (Phi) is 6.87. The first-order chi connectivity index (χ1) is 7.69. The van der Waals surface area contributed by atoms with E-state index in [4.69, 9.17) is 5.84 Å². The number of rotatable bonds is 6. The van der Waals surface area contributed by atoms with Gasteiger partial charge in [-0.15, -0.1) is 0 Å². The van der Waals surface area contributed by atoms with Gasteiger partial charge in [0, 0.05) is 14.1 Å². The van der Waals surface area contributed by atoms with E-state index >= 15 is 0 Å². The highest BCUT2D eigenvalue weighted by molar-refractivity contribution is 14.1. The van der Waals surface area contributed by atoms with Gasteiger partial charge in [0.2, 0.25) is 0 Å². The van der Waals surface area contributed by atoms with Crippen molar-refractivity contribution in [3.63, 3.8) is 0 Å². The number of unbranched alkanes of at least 4 members (excludes halogenated alkanes) is 2. The van der Waals surface area contributed by atoms with E-state index in [0.717, 1.165) is 10.9 Å². The molecule has 0 radical (unpaired) electrons. The van der Waals surface area contributed by atoms with Crippen molar-refractivity contribution in [2.45, 2.75) is 38.6 Å². The fourth-order valence-corrected chi connectivity index (χ4v) is 2.75. The van der Waals surface area contributed by atoms with Crippen molar-refractivity contribution in [2.75, 3.05) is 0 Å². The zero-order valence-corrected chi connectivity index (χ0v) is 13.2. The second-order valence-corrected chi connectivity index (χ2v) is 5.98. The van der Waals surface area contributed by atoms with E-state index in [-0.39, 0.29) is 6.04 Å². The maximum absolute atomic E-state index is 5.63. The van der Waals surface area contributed by atoms with Crippen molar-refractivity contribution >= 4 is 38.5 Å². The fraction of sp³-hybridized carbons (Fsp3) is 0.500. The molecule has 0 heterocycles. The van der Waals surface area contributed by atoms with Gasteiger partial charge in [0.25, 0.3) is 0 Å². The molecule has 1 rings (SSSR count). The third kappa shape index (κ3) is 4.31. The molecule has 0 saturated heterocycles. The summed E-state index contributed by atoms with van der Waals surface area (Å²) in [5.74, 6) is 5.63. The van der Waals surface area contributed by atoms with E-state index < -0.39 is 0 Å². The fourth-order valence-electron chi connectivity index (χ4n) is 1.71. The smallest absolute Gasteiger partial charge is 0.0471 e. The van der Waals surface area contributed by atoms with Crippen molar-refractivity contribution in [2.24, 2.45) is 5.84 Å². The molecule has 1 aromatic rings. The van der Waals surface area contributed by atoms with Crippen molar-refractivity contribution < 1.29 is 0 Å². The lowest BCUT2D eigenvalue weighted by molar-refractivity contribution is 0.485. The van der Waals surface area contributed by atoms with Gasteiger partial charge in [0.15, 0.2) is 0 Å². The van der Waals surface area contributed by atoms with Gasteiger partial charge in [-0.3, -0.25) is 11.3 Å². The first-order valence-corrected chi connectivity index (χ1v) is 7.47. The van der Waals surface area contributed by atoms with Crippen LogP contribution in [-0.4, -0.2) is 0 Å². The van der Waals surface area contributed by atoms with Crippen LogP contribution in [0.5, 0.6) is 0 Å². The topological polar surface area (TPSA) is 38.0 Å². The molecule has 0 aliphatic carbocycles. The molecule has 1 aromatic carbocycles. The average Bonchev–Trinajstić information content (AvgIpc) is 2.28. The quantitative estimate of drug-likeness (QED) is 0.328. The molecule has 1 unspecified atom stereocenters. The Bertz CT molecular complexity index is 331. The first-order valence-electron chi connectivity index (χ1n) is 5.60. The van der Waals surface area contributed by atoms with E-state index in [0.29, 0.717) is 0 Å². The van der Waals surface area contributed by atoms with E-state index in [9.17, 15) is 0 Å². The predicted molar refractivity (Wildman–Crippen MR) is 81.1 cm³/mol. The van der Waals surface area contributed by atoms with E-state index in [1.54, 1.807) is 0 Å². The third-order valence-electron chi connectivity index (χ3n) is 2.63. The molecule has 0 bridgehead atoms. The Balaban J connectivity index is 2.73. The summed E-state index contributed by atoms with van der Waals surface area (Å²) in [6.45, 7) is 2.21. The molecule has 90 valence electrons. The summed E-state index contributed by atoms with van der Waals surface area (Å²) < 4.78 is 2.37. The van der Waals surface area contributed by atoms with Gasteiger partial charge in [-0.25, -0.2) is 0 Å². The van der Waals surface area contributed by atoms with Gasteiger partial charge >= 0.3 is 0 Å². The van der Waals surface area contributed by atoms with Crippen LogP contribution >= 0.6 is 38.5 Å². The Morgan fingerprint density at radius 2 is 2.19 bits per heavy atom. The molecule has 2 nitrogen and oxygen atoms in total. The van der Waals surface area contributed by atoms with E-state index in [1.807, 2.05) is 0 Å². The zero-order chi connectivity index (χ0) is 12.0. The Hall–Kier alpha value is 0.350. The van der Waals surface area contributed by atoms with Crippen LogP contribution in [0.1, 0.15) is 44.2 Å². The van der Waals surface area contributed by atoms with E-state index in [2.05, 4.69) is 69.1 Å². The Morgan fingerprint density at radius 1 is 1.44 bits per heavy atom.